The number of guanidine groups is 1. The minimum absolute atomic E-state index is 0. The number of esters is 1. The first-order valence-electron chi connectivity index (χ1n) is 9.87. The molecule has 2 N–H and O–H groups in total. The van der Waals surface area contributed by atoms with E-state index in [2.05, 4.69) is 27.5 Å². The molecular weight excluding hydrogens is 471 g/mol. The molecule has 0 aromatic carbocycles. The Morgan fingerprint density at radius 2 is 2.00 bits per heavy atom. The third-order valence-electron chi connectivity index (χ3n) is 4.62. The van der Waals surface area contributed by atoms with E-state index in [0.717, 1.165) is 43.6 Å². The molecule has 2 rings (SSSR count). The van der Waals surface area contributed by atoms with Crippen molar-refractivity contribution in [2.45, 2.75) is 58.5 Å². The molecule has 0 spiro atoms. The van der Waals surface area contributed by atoms with Crippen LogP contribution in [0.1, 0.15) is 51.5 Å². The predicted molar refractivity (Wildman–Crippen MR) is 121 cm³/mol. The standard InChI is InChI=1S/C20H32N4O3.HI/c1-4-12-27-18-11-6-15(13-22-18)14-23-20(21-3)24-17-9-7-16(8-10-17)19(25)26-5-2;/h6,11,13,16-17H,4-5,7-10,12,14H2,1-3H3,(H2,21,23,24);1H. The molecule has 7 nitrogen and oxygen atoms in total. The monoisotopic (exact) mass is 504 g/mol. The molecule has 0 radical (unpaired) electrons. The molecule has 0 unspecified atom stereocenters. The fraction of sp³-hybridized carbons (Fsp3) is 0.650. The van der Waals surface area contributed by atoms with Gasteiger partial charge in [-0.25, -0.2) is 4.98 Å². The number of nitrogens with zero attached hydrogens (tertiary/aromatic N) is 2. The Morgan fingerprint density at radius 3 is 2.57 bits per heavy atom. The lowest BCUT2D eigenvalue weighted by molar-refractivity contribution is -0.149. The maximum atomic E-state index is 11.8. The fourth-order valence-corrected chi connectivity index (χ4v) is 3.11. The smallest absolute Gasteiger partial charge is 0.308 e. The summed E-state index contributed by atoms with van der Waals surface area (Å²) in [5.74, 6) is 1.40. The Hall–Kier alpha value is -1.58. The van der Waals surface area contributed by atoms with Crippen molar-refractivity contribution < 1.29 is 14.3 Å². The number of aromatic nitrogens is 1. The van der Waals surface area contributed by atoms with Crippen molar-refractivity contribution in [2.75, 3.05) is 20.3 Å². The van der Waals surface area contributed by atoms with Gasteiger partial charge in [0.25, 0.3) is 0 Å². The Morgan fingerprint density at radius 1 is 1.25 bits per heavy atom. The second kappa shape index (κ2) is 13.6. The van der Waals surface area contributed by atoms with Gasteiger partial charge in [-0.3, -0.25) is 9.79 Å². The number of aliphatic imine (C=N–C) groups is 1. The lowest BCUT2D eigenvalue weighted by Crippen LogP contribution is -2.45. The molecule has 158 valence electrons. The number of carbonyl (C=O) groups excluding carboxylic acids is 1. The Bertz CT molecular complexity index is 602. The van der Waals surface area contributed by atoms with Gasteiger partial charge in [-0.1, -0.05) is 13.0 Å². The van der Waals surface area contributed by atoms with Crippen molar-refractivity contribution in [3.63, 3.8) is 0 Å². The van der Waals surface area contributed by atoms with Crippen molar-refractivity contribution in [2.24, 2.45) is 10.9 Å². The summed E-state index contributed by atoms with van der Waals surface area (Å²) >= 11 is 0. The maximum Gasteiger partial charge on any atom is 0.308 e. The molecule has 1 saturated carbocycles. The average molecular weight is 504 g/mol. The zero-order valence-corrected chi connectivity index (χ0v) is 19.4. The number of hydrogen-bond donors (Lipinski definition) is 2. The molecule has 0 amide bonds. The third-order valence-corrected chi connectivity index (χ3v) is 4.62. The van der Waals surface area contributed by atoms with Crippen LogP contribution in [0, 0.1) is 5.92 Å². The average Bonchev–Trinajstić information content (AvgIpc) is 2.71. The van der Waals surface area contributed by atoms with Crippen LogP contribution in [-0.4, -0.2) is 43.2 Å². The highest BCUT2D eigenvalue weighted by atomic mass is 127. The molecular formula is C20H33IN4O3. The van der Waals surface area contributed by atoms with Crippen LogP contribution in [0.2, 0.25) is 0 Å². The molecule has 0 atom stereocenters. The molecule has 0 bridgehead atoms. The van der Waals surface area contributed by atoms with Crippen LogP contribution in [0.3, 0.4) is 0 Å². The minimum atomic E-state index is -0.0580. The van der Waals surface area contributed by atoms with E-state index in [1.807, 2.05) is 25.3 Å². The zero-order valence-electron chi connectivity index (χ0n) is 17.1. The van der Waals surface area contributed by atoms with Gasteiger partial charge in [0.1, 0.15) is 0 Å². The van der Waals surface area contributed by atoms with Crippen molar-refractivity contribution in [1.82, 2.24) is 15.6 Å². The topological polar surface area (TPSA) is 84.8 Å². The molecule has 0 saturated heterocycles. The number of ether oxygens (including phenoxy) is 2. The highest BCUT2D eigenvalue weighted by molar-refractivity contribution is 14.0. The molecule has 28 heavy (non-hydrogen) atoms. The predicted octanol–water partition coefficient (Wildman–Crippen LogP) is 3.28. The second-order valence-electron chi connectivity index (χ2n) is 6.72. The van der Waals surface area contributed by atoms with Gasteiger partial charge < -0.3 is 20.1 Å². The number of carbonyl (C=O) groups is 1. The van der Waals surface area contributed by atoms with Crippen LogP contribution < -0.4 is 15.4 Å². The Kier molecular flexibility index (Phi) is 11.9. The van der Waals surface area contributed by atoms with Gasteiger partial charge in [-0.05, 0) is 44.6 Å². The lowest BCUT2D eigenvalue weighted by atomic mass is 9.86. The number of hydrogen-bond acceptors (Lipinski definition) is 5. The SMILES string of the molecule is CCCOc1ccc(CNC(=NC)NC2CCC(C(=O)OCC)CC2)cn1.I. The van der Waals surface area contributed by atoms with Crippen LogP contribution in [0.5, 0.6) is 5.88 Å². The van der Waals surface area contributed by atoms with Crippen molar-refractivity contribution in [1.29, 1.82) is 0 Å². The molecule has 8 heteroatoms. The van der Waals surface area contributed by atoms with E-state index in [1.54, 1.807) is 7.05 Å². The van der Waals surface area contributed by atoms with Gasteiger partial charge >= 0.3 is 5.97 Å². The number of halogens is 1. The van der Waals surface area contributed by atoms with Crippen molar-refractivity contribution in [3.8, 4) is 5.88 Å². The summed E-state index contributed by atoms with van der Waals surface area (Å²) in [5, 5.41) is 6.76. The molecule has 1 heterocycles. The minimum Gasteiger partial charge on any atom is -0.478 e. The number of pyridine rings is 1. The fourth-order valence-electron chi connectivity index (χ4n) is 3.11. The van der Waals surface area contributed by atoms with Crippen LogP contribution in [0.15, 0.2) is 23.3 Å². The number of rotatable bonds is 8. The summed E-state index contributed by atoms with van der Waals surface area (Å²) < 4.78 is 10.6. The van der Waals surface area contributed by atoms with E-state index in [0.29, 0.717) is 31.7 Å². The first-order valence-corrected chi connectivity index (χ1v) is 9.87. The first-order chi connectivity index (χ1) is 13.2. The van der Waals surface area contributed by atoms with Crippen LogP contribution >= 0.6 is 24.0 Å². The highest BCUT2D eigenvalue weighted by Crippen LogP contribution is 2.25. The molecule has 1 aliphatic rings. The zero-order chi connectivity index (χ0) is 19.5. The summed E-state index contributed by atoms with van der Waals surface area (Å²) in [6.45, 7) is 5.69. The van der Waals surface area contributed by atoms with E-state index in [1.165, 1.54) is 0 Å². The normalized spacial score (nSPS) is 19.3. The molecule has 1 aromatic rings. The molecule has 1 fully saturated rings. The van der Waals surface area contributed by atoms with E-state index in [9.17, 15) is 4.79 Å². The second-order valence-corrected chi connectivity index (χ2v) is 6.72. The lowest BCUT2D eigenvalue weighted by Gasteiger charge is -2.29. The van der Waals surface area contributed by atoms with Gasteiger partial charge in [-0.15, -0.1) is 24.0 Å². The Labute approximate surface area is 185 Å². The number of nitrogens with one attached hydrogen (secondary N) is 2. The quantitative estimate of drug-likeness (QED) is 0.245. The summed E-state index contributed by atoms with van der Waals surface area (Å²) in [5.41, 5.74) is 1.06. The van der Waals surface area contributed by atoms with Crippen LogP contribution in [0.25, 0.3) is 0 Å². The van der Waals surface area contributed by atoms with Gasteiger partial charge in [0, 0.05) is 31.9 Å². The van der Waals surface area contributed by atoms with Gasteiger partial charge in [0.2, 0.25) is 5.88 Å². The van der Waals surface area contributed by atoms with Gasteiger partial charge in [0.05, 0.1) is 19.1 Å². The van der Waals surface area contributed by atoms with E-state index >= 15 is 0 Å². The maximum absolute atomic E-state index is 11.8. The first kappa shape index (κ1) is 24.5. The summed E-state index contributed by atoms with van der Waals surface area (Å²) in [7, 11) is 1.76. The van der Waals surface area contributed by atoms with Crippen LogP contribution in [-0.2, 0) is 16.1 Å². The third kappa shape index (κ3) is 8.20. The highest BCUT2D eigenvalue weighted by Gasteiger charge is 2.27. The van der Waals surface area contributed by atoms with Gasteiger partial charge in [0.15, 0.2) is 5.96 Å². The molecule has 0 aliphatic heterocycles. The Balaban J connectivity index is 0.00000392. The van der Waals surface area contributed by atoms with E-state index < -0.39 is 0 Å². The largest absolute Gasteiger partial charge is 0.478 e. The molecule has 1 aromatic heterocycles. The van der Waals surface area contributed by atoms with Crippen LogP contribution in [0.4, 0.5) is 0 Å². The van der Waals surface area contributed by atoms with Crippen molar-refractivity contribution in [3.05, 3.63) is 23.9 Å². The summed E-state index contributed by atoms with van der Waals surface area (Å²) in [4.78, 5) is 20.4. The van der Waals surface area contributed by atoms with Gasteiger partial charge in [-0.2, -0.15) is 0 Å². The van der Waals surface area contributed by atoms with Crippen molar-refractivity contribution >= 4 is 35.9 Å². The van der Waals surface area contributed by atoms with E-state index in [-0.39, 0.29) is 35.9 Å². The van der Waals surface area contributed by atoms with E-state index in [4.69, 9.17) is 9.47 Å². The summed E-state index contributed by atoms with van der Waals surface area (Å²) in [6, 6.07) is 4.22. The summed E-state index contributed by atoms with van der Waals surface area (Å²) in [6.07, 6.45) is 6.38. The molecule has 1 aliphatic carbocycles.